The van der Waals surface area contributed by atoms with E-state index < -0.39 is 0 Å². The molecule has 0 aliphatic carbocycles. The van der Waals surface area contributed by atoms with Crippen LogP contribution in [0.25, 0.3) is 0 Å². The van der Waals surface area contributed by atoms with Gasteiger partial charge in [-0.05, 0) is 42.3 Å². The van der Waals surface area contributed by atoms with Gasteiger partial charge in [-0.3, -0.25) is 14.6 Å². The average Bonchev–Trinajstić information content (AvgIpc) is 2.71. The molecule has 0 spiro atoms. The molecule has 0 saturated heterocycles. The summed E-state index contributed by atoms with van der Waals surface area (Å²) < 4.78 is 0. The van der Waals surface area contributed by atoms with Gasteiger partial charge in [0.2, 0.25) is 0 Å². The van der Waals surface area contributed by atoms with E-state index in [-0.39, 0.29) is 11.8 Å². The Kier molecular flexibility index (Phi) is 5.94. The molecular weight excluding hydrogens is 338 g/mol. The third kappa shape index (κ3) is 5.25. The Bertz CT molecular complexity index is 939. The zero-order chi connectivity index (χ0) is 19.1. The molecule has 5 nitrogen and oxygen atoms in total. The van der Waals surface area contributed by atoms with Crippen LogP contribution in [-0.2, 0) is 13.1 Å². The first-order valence-corrected chi connectivity index (χ1v) is 8.73. The standard InChI is InChI=1S/C22H21N3O2/c1-16-5-2-6-17(11-16)14-24-21(26)19-8-3-9-20(12-19)22(27)25-15-18-7-4-10-23-13-18/h2-13H,14-15H2,1H3,(H,24,26)(H,25,27). The Balaban J connectivity index is 1.60. The zero-order valence-corrected chi connectivity index (χ0v) is 15.1. The second-order valence-electron chi connectivity index (χ2n) is 6.30. The second-order valence-corrected chi connectivity index (χ2v) is 6.30. The number of nitrogens with zero attached hydrogens (tertiary/aromatic N) is 1. The summed E-state index contributed by atoms with van der Waals surface area (Å²) >= 11 is 0. The van der Waals surface area contributed by atoms with E-state index in [0.717, 1.165) is 16.7 Å². The molecule has 3 aromatic rings. The Morgan fingerprint density at radius 3 is 2.07 bits per heavy atom. The largest absolute Gasteiger partial charge is 0.348 e. The number of pyridine rings is 1. The molecule has 0 radical (unpaired) electrons. The molecule has 3 rings (SSSR count). The summed E-state index contributed by atoms with van der Waals surface area (Å²) in [6.07, 6.45) is 3.39. The van der Waals surface area contributed by atoms with Crippen molar-refractivity contribution in [1.29, 1.82) is 0 Å². The molecule has 0 saturated carbocycles. The first kappa shape index (κ1) is 18.3. The number of carbonyl (C=O) groups excluding carboxylic acids is 2. The van der Waals surface area contributed by atoms with Gasteiger partial charge in [0.1, 0.15) is 0 Å². The molecule has 0 unspecified atom stereocenters. The van der Waals surface area contributed by atoms with Crippen molar-refractivity contribution in [1.82, 2.24) is 15.6 Å². The van der Waals surface area contributed by atoms with E-state index in [1.807, 2.05) is 43.3 Å². The van der Waals surface area contributed by atoms with Crippen LogP contribution in [-0.4, -0.2) is 16.8 Å². The van der Waals surface area contributed by atoms with Gasteiger partial charge >= 0.3 is 0 Å². The summed E-state index contributed by atoms with van der Waals surface area (Å²) in [5, 5.41) is 5.72. The van der Waals surface area contributed by atoms with Gasteiger partial charge in [0.05, 0.1) is 0 Å². The lowest BCUT2D eigenvalue weighted by Crippen LogP contribution is -2.25. The number of hydrogen-bond donors (Lipinski definition) is 2. The minimum Gasteiger partial charge on any atom is -0.348 e. The minimum atomic E-state index is -0.229. The molecule has 2 N–H and O–H groups in total. The average molecular weight is 359 g/mol. The SMILES string of the molecule is Cc1cccc(CNC(=O)c2cccc(C(=O)NCc3cccnc3)c2)c1. The molecule has 0 atom stereocenters. The normalized spacial score (nSPS) is 10.3. The van der Waals surface area contributed by atoms with Crippen molar-refractivity contribution >= 4 is 11.8 Å². The molecule has 0 aliphatic rings. The molecule has 5 heteroatoms. The Labute approximate surface area is 158 Å². The van der Waals surface area contributed by atoms with E-state index >= 15 is 0 Å². The van der Waals surface area contributed by atoms with Crippen LogP contribution in [0.15, 0.2) is 73.1 Å². The van der Waals surface area contributed by atoms with Gasteiger partial charge in [0.25, 0.3) is 11.8 Å². The third-order valence-corrected chi connectivity index (χ3v) is 4.10. The summed E-state index contributed by atoms with van der Waals surface area (Å²) in [5.74, 6) is -0.439. The van der Waals surface area contributed by atoms with Crippen LogP contribution >= 0.6 is 0 Å². The number of rotatable bonds is 6. The highest BCUT2D eigenvalue weighted by molar-refractivity contribution is 5.99. The monoisotopic (exact) mass is 359 g/mol. The minimum absolute atomic E-state index is 0.210. The molecule has 1 aromatic heterocycles. The van der Waals surface area contributed by atoms with Crippen molar-refractivity contribution < 1.29 is 9.59 Å². The van der Waals surface area contributed by atoms with Gasteiger partial charge in [0, 0.05) is 36.6 Å². The maximum Gasteiger partial charge on any atom is 0.251 e. The summed E-state index contributed by atoms with van der Waals surface area (Å²) in [5.41, 5.74) is 4.00. The van der Waals surface area contributed by atoms with Gasteiger partial charge in [0.15, 0.2) is 0 Å². The summed E-state index contributed by atoms with van der Waals surface area (Å²) in [7, 11) is 0. The van der Waals surface area contributed by atoms with Crippen molar-refractivity contribution in [3.8, 4) is 0 Å². The lowest BCUT2D eigenvalue weighted by atomic mass is 10.1. The van der Waals surface area contributed by atoms with Crippen LogP contribution in [0.5, 0.6) is 0 Å². The first-order valence-electron chi connectivity index (χ1n) is 8.73. The van der Waals surface area contributed by atoms with Crippen LogP contribution in [0.1, 0.15) is 37.4 Å². The Morgan fingerprint density at radius 1 is 0.815 bits per heavy atom. The van der Waals surface area contributed by atoms with Crippen LogP contribution in [0.2, 0.25) is 0 Å². The van der Waals surface area contributed by atoms with Gasteiger partial charge in [-0.25, -0.2) is 0 Å². The summed E-state index contributed by atoms with van der Waals surface area (Å²) in [6.45, 7) is 2.84. The van der Waals surface area contributed by atoms with Gasteiger partial charge in [-0.1, -0.05) is 42.0 Å². The number of carbonyl (C=O) groups is 2. The van der Waals surface area contributed by atoms with Gasteiger partial charge in [-0.15, -0.1) is 0 Å². The number of benzene rings is 2. The lowest BCUT2D eigenvalue weighted by molar-refractivity contribution is 0.0950. The van der Waals surface area contributed by atoms with Gasteiger partial charge in [-0.2, -0.15) is 0 Å². The zero-order valence-electron chi connectivity index (χ0n) is 15.1. The first-order chi connectivity index (χ1) is 13.1. The van der Waals surface area contributed by atoms with E-state index in [1.165, 1.54) is 0 Å². The predicted octanol–water partition coefficient (Wildman–Crippen LogP) is 3.25. The number of aromatic nitrogens is 1. The van der Waals surface area contributed by atoms with Crippen molar-refractivity contribution in [3.63, 3.8) is 0 Å². The highest BCUT2D eigenvalue weighted by Crippen LogP contribution is 2.08. The fraction of sp³-hybridized carbons (Fsp3) is 0.136. The molecule has 2 amide bonds. The smallest absolute Gasteiger partial charge is 0.251 e. The van der Waals surface area contributed by atoms with Crippen molar-refractivity contribution in [2.24, 2.45) is 0 Å². The van der Waals surface area contributed by atoms with E-state index in [0.29, 0.717) is 24.2 Å². The van der Waals surface area contributed by atoms with E-state index in [4.69, 9.17) is 0 Å². The molecular formula is C22H21N3O2. The van der Waals surface area contributed by atoms with Crippen molar-refractivity contribution in [2.45, 2.75) is 20.0 Å². The van der Waals surface area contributed by atoms with Crippen LogP contribution in [0.4, 0.5) is 0 Å². The van der Waals surface area contributed by atoms with Gasteiger partial charge < -0.3 is 10.6 Å². The van der Waals surface area contributed by atoms with Crippen LogP contribution in [0, 0.1) is 6.92 Å². The molecule has 2 aromatic carbocycles. The number of aryl methyl sites for hydroxylation is 1. The molecule has 0 bridgehead atoms. The fourth-order valence-corrected chi connectivity index (χ4v) is 2.70. The molecule has 27 heavy (non-hydrogen) atoms. The highest BCUT2D eigenvalue weighted by atomic mass is 16.2. The van der Waals surface area contributed by atoms with E-state index in [1.54, 1.807) is 36.7 Å². The molecule has 0 fully saturated rings. The topological polar surface area (TPSA) is 71.1 Å². The number of amides is 2. The number of nitrogens with one attached hydrogen (secondary N) is 2. The predicted molar refractivity (Wildman–Crippen MR) is 104 cm³/mol. The maximum absolute atomic E-state index is 12.4. The van der Waals surface area contributed by atoms with E-state index in [9.17, 15) is 9.59 Å². The lowest BCUT2D eigenvalue weighted by Gasteiger charge is -2.08. The third-order valence-electron chi connectivity index (χ3n) is 4.10. The molecule has 136 valence electrons. The van der Waals surface area contributed by atoms with Crippen LogP contribution in [0.3, 0.4) is 0 Å². The quantitative estimate of drug-likeness (QED) is 0.710. The molecule has 0 aliphatic heterocycles. The second kappa shape index (κ2) is 8.76. The summed E-state index contributed by atoms with van der Waals surface area (Å²) in [6, 6.07) is 18.4. The molecule has 1 heterocycles. The number of hydrogen-bond acceptors (Lipinski definition) is 3. The maximum atomic E-state index is 12.4. The fourth-order valence-electron chi connectivity index (χ4n) is 2.70. The van der Waals surface area contributed by atoms with E-state index in [2.05, 4.69) is 15.6 Å². The van der Waals surface area contributed by atoms with Crippen molar-refractivity contribution in [2.75, 3.05) is 0 Å². The Morgan fingerprint density at radius 2 is 1.44 bits per heavy atom. The highest BCUT2D eigenvalue weighted by Gasteiger charge is 2.10. The van der Waals surface area contributed by atoms with Crippen LogP contribution < -0.4 is 10.6 Å². The van der Waals surface area contributed by atoms with Crippen molar-refractivity contribution in [3.05, 3.63) is 101 Å². The Hall–Kier alpha value is -3.47. The summed E-state index contributed by atoms with van der Waals surface area (Å²) in [4.78, 5) is 28.8.